The van der Waals surface area contributed by atoms with Gasteiger partial charge in [-0.15, -0.1) is 11.3 Å². The minimum Gasteiger partial charge on any atom is -0.480 e. The van der Waals surface area contributed by atoms with Crippen LogP contribution in [0.15, 0.2) is 5.38 Å². The van der Waals surface area contributed by atoms with E-state index in [0.717, 1.165) is 6.42 Å². The average Bonchev–Trinajstić information content (AvgIpc) is 3.17. The Bertz CT molecular complexity index is 615. The molecule has 0 spiro atoms. The maximum absolute atomic E-state index is 12.3. The Morgan fingerprint density at radius 1 is 1.36 bits per heavy atom. The van der Waals surface area contributed by atoms with Gasteiger partial charge in [-0.3, -0.25) is 14.5 Å². The van der Waals surface area contributed by atoms with Crippen LogP contribution in [-0.4, -0.2) is 51.9 Å². The lowest BCUT2D eigenvalue weighted by molar-refractivity contribution is -0.148. The summed E-state index contributed by atoms with van der Waals surface area (Å²) in [6, 6.07) is -0.717. The third-order valence-corrected chi connectivity index (χ3v) is 4.95. The quantitative estimate of drug-likeness (QED) is 0.888. The topological polar surface area (TPSA) is 90.8 Å². The van der Waals surface area contributed by atoms with E-state index in [9.17, 15) is 14.4 Å². The number of carboxylic acids is 1. The molecule has 1 unspecified atom stereocenters. The van der Waals surface area contributed by atoms with Crippen LogP contribution in [0.4, 0.5) is 5.13 Å². The number of nitrogens with zero attached hydrogens (tertiary/aromatic N) is 3. The van der Waals surface area contributed by atoms with Gasteiger partial charge in [-0.2, -0.15) is 0 Å². The SMILES string of the molecule is O=C(O)C1CCCN1C(=O)Cc1csc(N2CCCC2=O)n1. The Balaban J connectivity index is 1.66. The standard InChI is InChI=1S/C14H17N3O4S/c18-11-4-2-6-17(11)14-15-9(8-22-14)7-12(19)16-5-1-3-10(16)13(20)21/h8,10H,1-7H2,(H,20,21). The van der Waals surface area contributed by atoms with Crippen molar-refractivity contribution < 1.29 is 19.5 Å². The fourth-order valence-electron chi connectivity index (χ4n) is 2.93. The Kier molecular flexibility index (Phi) is 4.10. The summed E-state index contributed by atoms with van der Waals surface area (Å²) >= 11 is 1.35. The Morgan fingerprint density at radius 2 is 2.18 bits per heavy atom. The van der Waals surface area contributed by atoms with Crippen molar-refractivity contribution in [3.63, 3.8) is 0 Å². The minimum atomic E-state index is -0.951. The number of thiazole rings is 1. The first kappa shape index (κ1) is 15.0. The van der Waals surface area contributed by atoms with Crippen molar-refractivity contribution in [3.05, 3.63) is 11.1 Å². The molecule has 3 heterocycles. The molecule has 22 heavy (non-hydrogen) atoms. The molecule has 1 N–H and O–H groups in total. The van der Waals surface area contributed by atoms with Crippen LogP contribution < -0.4 is 4.90 Å². The summed E-state index contributed by atoms with van der Waals surface area (Å²) in [4.78, 5) is 42.5. The lowest BCUT2D eigenvalue weighted by Crippen LogP contribution is -2.41. The fourth-order valence-corrected chi connectivity index (χ4v) is 3.80. The van der Waals surface area contributed by atoms with Gasteiger partial charge in [0, 0.05) is 24.9 Å². The van der Waals surface area contributed by atoms with Crippen molar-refractivity contribution >= 4 is 34.3 Å². The van der Waals surface area contributed by atoms with Gasteiger partial charge in [0.1, 0.15) is 6.04 Å². The third kappa shape index (κ3) is 2.83. The third-order valence-electron chi connectivity index (χ3n) is 4.03. The molecule has 1 atom stereocenters. The molecule has 8 heteroatoms. The first-order valence-corrected chi connectivity index (χ1v) is 8.21. The van der Waals surface area contributed by atoms with Crippen LogP contribution in [0.3, 0.4) is 0 Å². The van der Waals surface area contributed by atoms with Gasteiger partial charge in [-0.25, -0.2) is 9.78 Å². The fraction of sp³-hybridized carbons (Fsp3) is 0.571. The number of amides is 2. The number of anilines is 1. The normalized spacial score (nSPS) is 21.6. The Labute approximate surface area is 131 Å². The van der Waals surface area contributed by atoms with Crippen molar-refractivity contribution in [1.29, 1.82) is 0 Å². The van der Waals surface area contributed by atoms with Gasteiger partial charge >= 0.3 is 5.97 Å². The molecular formula is C14H17N3O4S. The molecule has 2 saturated heterocycles. The summed E-state index contributed by atoms with van der Waals surface area (Å²) in [5.74, 6) is -1.10. The number of carbonyl (C=O) groups excluding carboxylic acids is 2. The molecule has 0 aromatic carbocycles. The number of aromatic nitrogens is 1. The minimum absolute atomic E-state index is 0.0673. The van der Waals surface area contributed by atoms with Gasteiger partial charge in [0.15, 0.2) is 5.13 Å². The first-order chi connectivity index (χ1) is 10.6. The van der Waals surface area contributed by atoms with Crippen molar-refractivity contribution in [3.8, 4) is 0 Å². The van der Waals surface area contributed by atoms with Gasteiger partial charge in [0.25, 0.3) is 0 Å². The summed E-state index contributed by atoms with van der Waals surface area (Å²) < 4.78 is 0. The number of hydrogen-bond acceptors (Lipinski definition) is 5. The van der Waals surface area contributed by atoms with Crippen LogP contribution in [0.1, 0.15) is 31.4 Å². The first-order valence-electron chi connectivity index (χ1n) is 7.33. The van der Waals surface area contributed by atoms with E-state index >= 15 is 0 Å². The summed E-state index contributed by atoms with van der Waals surface area (Å²) in [7, 11) is 0. The predicted octanol–water partition coefficient (Wildman–Crippen LogP) is 0.888. The van der Waals surface area contributed by atoms with Gasteiger partial charge in [-0.1, -0.05) is 0 Å². The van der Waals surface area contributed by atoms with E-state index in [2.05, 4.69) is 4.98 Å². The molecule has 0 radical (unpaired) electrons. The van der Waals surface area contributed by atoms with Crippen LogP contribution in [0.25, 0.3) is 0 Å². The van der Waals surface area contributed by atoms with E-state index in [0.29, 0.717) is 43.2 Å². The molecule has 2 amide bonds. The molecule has 0 aliphatic carbocycles. The zero-order valence-corrected chi connectivity index (χ0v) is 12.8. The molecule has 2 aliphatic rings. The smallest absolute Gasteiger partial charge is 0.326 e. The molecule has 1 aromatic rings. The van der Waals surface area contributed by atoms with E-state index in [1.807, 2.05) is 0 Å². The lowest BCUT2D eigenvalue weighted by atomic mass is 10.2. The zero-order chi connectivity index (χ0) is 15.7. The number of rotatable bonds is 4. The monoisotopic (exact) mass is 323 g/mol. The molecule has 0 saturated carbocycles. The molecular weight excluding hydrogens is 306 g/mol. The Morgan fingerprint density at radius 3 is 2.86 bits per heavy atom. The second kappa shape index (κ2) is 6.04. The van der Waals surface area contributed by atoms with Crippen molar-refractivity contribution in [2.45, 2.75) is 38.1 Å². The molecule has 1 aromatic heterocycles. The van der Waals surface area contributed by atoms with Crippen LogP contribution in [0, 0.1) is 0 Å². The molecule has 0 bridgehead atoms. The molecule has 118 valence electrons. The van der Waals surface area contributed by atoms with E-state index in [-0.39, 0.29) is 18.2 Å². The van der Waals surface area contributed by atoms with Crippen LogP contribution in [0.2, 0.25) is 0 Å². The lowest BCUT2D eigenvalue weighted by Gasteiger charge is -2.20. The second-order valence-corrected chi connectivity index (χ2v) is 6.37. The molecule has 7 nitrogen and oxygen atoms in total. The molecule has 2 fully saturated rings. The second-order valence-electron chi connectivity index (χ2n) is 5.53. The largest absolute Gasteiger partial charge is 0.480 e. The molecule has 2 aliphatic heterocycles. The number of carboxylic acid groups (broad SMARTS) is 1. The highest BCUT2D eigenvalue weighted by Gasteiger charge is 2.34. The highest BCUT2D eigenvalue weighted by Crippen LogP contribution is 2.26. The summed E-state index contributed by atoms with van der Waals surface area (Å²) in [6.45, 7) is 1.16. The van der Waals surface area contributed by atoms with E-state index in [4.69, 9.17) is 5.11 Å². The van der Waals surface area contributed by atoms with Crippen molar-refractivity contribution in [2.24, 2.45) is 0 Å². The van der Waals surface area contributed by atoms with Crippen molar-refractivity contribution in [2.75, 3.05) is 18.0 Å². The number of aliphatic carboxylic acids is 1. The van der Waals surface area contributed by atoms with Gasteiger partial charge in [0.2, 0.25) is 11.8 Å². The van der Waals surface area contributed by atoms with E-state index < -0.39 is 12.0 Å². The highest BCUT2D eigenvalue weighted by molar-refractivity contribution is 7.14. The summed E-state index contributed by atoms with van der Waals surface area (Å²) in [5, 5.41) is 11.5. The Hall–Kier alpha value is -1.96. The predicted molar refractivity (Wildman–Crippen MR) is 79.8 cm³/mol. The van der Waals surface area contributed by atoms with E-state index in [1.165, 1.54) is 16.2 Å². The van der Waals surface area contributed by atoms with E-state index in [1.54, 1.807) is 10.3 Å². The summed E-state index contributed by atoms with van der Waals surface area (Å²) in [5.41, 5.74) is 0.598. The average molecular weight is 323 g/mol. The summed E-state index contributed by atoms with van der Waals surface area (Å²) in [6.07, 6.45) is 2.68. The van der Waals surface area contributed by atoms with Gasteiger partial charge in [-0.05, 0) is 19.3 Å². The number of hydrogen-bond donors (Lipinski definition) is 1. The number of likely N-dealkylation sites (tertiary alicyclic amines) is 1. The zero-order valence-electron chi connectivity index (χ0n) is 12.0. The van der Waals surface area contributed by atoms with Crippen LogP contribution in [-0.2, 0) is 20.8 Å². The van der Waals surface area contributed by atoms with Gasteiger partial charge < -0.3 is 10.0 Å². The van der Waals surface area contributed by atoms with Crippen LogP contribution in [0.5, 0.6) is 0 Å². The maximum Gasteiger partial charge on any atom is 0.326 e. The maximum atomic E-state index is 12.3. The molecule has 3 rings (SSSR count). The van der Waals surface area contributed by atoms with Crippen molar-refractivity contribution in [1.82, 2.24) is 9.88 Å². The number of carbonyl (C=O) groups is 3. The van der Waals surface area contributed by atoms with Gasteiger partial charge in [0.05, 0.1) is 12.1 Å². The van der Waals surface area contributed by atoms with Crippen LogP contribution >= 0.6 is 11.3 Å². The highest BCUT2D eigenvalue weighted by atomic mass is 32.1.